The largest absolute Gasteiger partial charge is 0.455 e. The third-order valence-electron chi connectivity index (χ3n) is 4.44. The standard InChI is InChI=1S/C21H14N2O/c1-13-11-18-14(12-23-13)8-9-16-15-5-4-6-17(20(15)24-21(16)18)19-7-2-3-10-22-19/h2-12H,1H3. The molecule has 5 aromatic rings. The first kappa shape index (κ1) is 13.3. The van der Waals surface area contributed by atoms with Gasteiger partial charge >= 0.3 is 0 Å². The highest BCUT2D eigenvalue weighted by molar-refractivity contribution is 6.16. The van der Waals surface area contributed by atoms with Crippen molar-refractivity contribution in [3.63, 3.8) is 0 Å². The number of aryl methyl sites for hydroxylation is 1. The molecular weight excluding hydrogens is 296 g/mol. The van der Waals surface area contributed by atoms with Gasteiger partial charge in [-0.05, 0) is 37.3 Å². The second-order valence-corrected chi connectivity index (χ2v) is 5.99. The Bertz CT molecular complexity index is 1210. The smallest absolute Gasteiger partial charge is 0.144 e. The number of furan rings is 1. The first-order chi connectivity index (χ1) is 11.8. The van der Waals surface area contributed by atoms with Gasteiger partial charge in [-0.1, -0.05) is 24.3 Å². The molecule has 114 valence electrons. The van der Waals surface area contributed by atoms with Crippen LogP contribution in [-0.4, -0.2) is 9.97 Å². The summed E-state index contributed by atoms with van der Waals surface area (Å²) in [7, 11) is 0. The number of fused-ring (bicyclic) bond motifs is 5. The fourth-order valence-electron chi connectivity index (χ4n) is 3.30. The topological polar surface area (TPSA) is 38.9 Å². The summed E-state index contributed by atoms with van der Waals surface area (Å²) in [6.45, 7) is 2.00. The van der Waals surface area contributed by atoms with Gasteiger partial charge < -0.3 is 4.42 Å². The van der Waals surface area contributed by atoms with Gasteiger partial charge in [-0.2, -0.15) is 0 Å². The van der Waals surface area contributed by atoms with Crippen LogP contribution in [-0.2, 0) is 0 Å². The Morgan fingerprint density at radius 2 is 1.71 bits per heavy atom. The van der Waals surface area contributed by atoms with E-state index < -0.39 is 0 Å². The molecule has 0 saturated heterocycles. The van der Waals surface area contributed by atoms with Crippen molar-refractivity contribution in [3.8, 4) is 11.3 Å². The molecule has 0 bridgehead atoms. The van der Waals surface area contributed by atoms with Gasteiger partial charge in [0.25, 0.3) is 0 Å². The monoisotopic (exact) mass is 310 g/mol. The van der Waals surface area contributed by atoms with Gasteiger partial charge in [0.15, 0.2) is 0 Å². The van der Waals surface area contributed by atoms with Crippen LogP contribution in [0.2, 0.25) is 0 Å². The Labute approximate surface area is 138 Å². The lowest BCUT2D eigenvalue weighted by Crippen LogP contribution is -1.81. The van der Waals surface area contributed by atoms with E-state index in [4.69, 9.17) is 4.42 Å². The number of aromatic nitrogens is 2. The number of pyridine rings is 2. The van der Waals surface area contributed by atoms with E-state index in [1.54, 1.807) is 6.20 Å². The average molecular weight is 310 g/mol. The van der Waals surface area contributed by atoms with Crippen LogP contribution in [0.3, 0.4) is 0 Å². The maximum Gasteiger partial charge on any atom is 0.144 e. The van der Waals surface area contributed by atoms with Crippen molar-refractivity contribution in [2.45, 2.75) is 6.92 Å². The van der Waals surface area contributed by atoms with E-state index in [2.05, 4.69) is 46.4 Å². The van der Waals surface area contributed by atoms with Gasteiger partial charge in [0.2, 0.25) is 0 Å². The van der Waals surface area contributed by atoms with Crippen LogP contribution in [0.15, 0.2) is 71.4 Å². The molecule has 0 spiro atoms. The maximum atomic E-state index is 6.34. The van der Waals surface area contributed by atoms with Crippen LogP contribution in [0.5, 0.6) is 0 Å². The lowest BCUT2D eigenvalue weighted by molar-refractivity contribution is 0.673. The second-order valence-electron chi connectivity index (χ2n) is 5.99. The van der Waals surface area contributed by atoms with E-state index in [-0.39, 0.29) is 0 Å². The Balaban J connectivity index is 1.94. The Morgan fingerprint density at radius 3 is 2.58 bits per heavy atom. The van der Waals surface area contributed by atoms with Crippen molar-refractivity contribution in [1.29, 1.82) is 0 Å². The molecule has 0 saturated carbocycles. The molecule has 0 N–H and O–H groups in total. The molecule has 3 nitrogen and oxygen atoms in total. The number of hydrogen-bond donors (Lipinski definition) is 0. The van der Waals surface area contributed by atoms with Crippen LogP contribution >= 0.6 is 0 Å². The van der Waals surface area contributed by atoms with E-state index in [1.165, 1.54) is 0 Å². The van der Waals surface area contributed by atoms with Crippen LogP contribution in [0.25, 0.3) is 44.0 Å². The van der Waals surface area contributed by atoms with Gasteiger partial charge in [0.05, 0.1) is 5.69 Å². The Morgan fingerprint density at radius 1 is 0.792 bits per heavy atom. The third kappa shape index (κ3) is 1.85. The lowest BCUT2D eigenvalue weighted by atomic mass is 10.0. The van der Waals surface area contributed by atoms with Crippen LogP contribution in [0.1, 0.15) is 5.69 Å². The predicted octanol–water partition coefficient (Wildman–Crippen LogP) is 5.50. The van der Waals surface area contributed by atoms with Crippen molar-refractivity contribution in [2.75, 3.05) is 0 Å². The molecule has 3 heterocycles. The number of rotatable bonds is 1. The Hall–Kier alpha value is -3.20. The number of nitrogens with zero attached hydrogens (tertiary/aromatic N) is 2. The summed E-state index contributed by atoms with van der Waals surface area (Å²) < 4.78 is 6.34. The van der Waals surface area contributed by atoms with Crippen LogP contribution < -0.4 is 0 Å². The molecule has 5 rings (SSSR count). The lowest BCUT2D eigenvalue weighted by Gasteiger charge is -2.00. The SMILES string of the molecule is Cc1cc2c(ccc3c4cccc(-c5ccccn5)c4oc23)cn1. The molecular formula is C21H14N2O. The molecule has 0 aliphatic carbocycles. The van der Waals surface area contributed by atoms with Crippen molar-refractivity contribution in [1.82, 2.24) is 9.97 Å². The van der Waals surface area contributed by atoms with Crippen molar-refractivity contribution >= 4 is 32.7 Å². The summed E-state index contributed by atoms with van der Waals surface area (Å²) in [4.78, 5) is 8.86. The van der Waals surface area contributed by atoms with Gasteiger partial charge in [-0.25, -0.2) is 0 Å². The molecule has 0 fully saturated rings. The van der Waals surface area contributed by atoms with Crippen molar-refractivity contribution < 1.29 is 4.42 Å². The molecule has 0 aliphatic rings. The number of benzene rings is 2. The number of para-hydroxylation sites is 1. The molecule has 0 aliphatic heterocycles. The average Bonchev–Trinajstić information content (AvgIpc) is 3.01. The molecule has 3 heteroatoms. The van der Waals surface area contributed by atoms with Gasteiger partial charge in [-0.3, -0.25) is 9.97 Å². The zero-order chi connectivity index (χ0) is 16.1. The first-order valence-corrected chi connectivity index (χ1v) is 7.93. The minimum atomic E-state index is 0.883. The zero-order valence-electron chi connectivity index (χ0n) is 13.2. The van der Waals surface area contributed by atoms with Gasteiger partial charge in [-0.15, -0.1) is 0 Å². The normalized spacial score (nSPS) is 11.5. The maximum absolute atomic E-state index is 6.34. The summed E-state index contributed by atoms with van der Waals surface area (Å²) in [5, 5.41) is 4.43. The summed E-state index contributed by atoms with van der Waals surface area (Å²) in [6.07, 6.45) is 3.71. The molecule has 2 aromatic carbocycles. The fourth-order valence-corrected chi connectivity index (χ4v) is 3.30. The molecule has 0 radical (unpaired) electrons. The van der Waals surface area contributed by atoms with Crippen molar-refractivity contribution in [2.24, 2.45) is 0 Å². The minimum absolute atomic E-state index is 0.883. The van der Waals surface area contributed by atoms with E-state index in [9.17, 15) is 0 Å². The van der Waals surface area contributed by atoms with Crippen LogP contribution in [0.4, 0.5) is 0 Å². The molecule has 24 heavy (non-hydrogen) atoms. The summed E-state index contributed by atoms with van der Waals surface area (Å²) in [6, 6.07) is 18.4. The van der Waals surface area contributed by atoms with E-state index in [0.29, 0.717) is 0 Å². The summed E-state index contributed by atoms with van der Waals surface area (Å²) in [5.74, 6) is 0. The van der Waals surface area contributed by atoms with Crippen molar-refractivity contribution in [3.05, 3.63) is 72.7 Å². The van der Waals surface area contributed by atoms with E-state index in [1.807, 2.05) is 31.3 Å². The summed E-state index contributed by atoms with van der Waals surface area (Å²) >= 11 is 0. The highest BCUT2D eigenvalue weighted by atomic mass is 16.3. The molecule has 3 aromatic heterocycles. The highest BCUT2D eigenvalue weighted by Gasteiger charge is 2.14. The first-order valence-electron chi connectivity index (χ1n) is 7.93. The molecule has 0 amide bonds. The second kappa shape index (κ2) is 4.90. The van der Waals surface area contributed by atoms with Gasteiger partial charge in [0, 0.05) is 45.2 Å². The predicted molar refractivity (Wildman–Crippen MR) is 97.0 cm³/mol. The summed E-state index contributed by atoms with van der Waals surface area (Å²) in [5.41, 5.74) is 4.72. The van der Waals surface area contributed by atoms with E-state index in [0.717, 1.165) is 49.7 Å². The third-order valence-corrected chi connectivity index (χ3v) is 4.44. The van der Waals surface area contributed by atoms with E-state index >= 15 is 0 Å². The zero-order valence-corrected chi connectivity index (χ0v) is 13.2. The van der Waals surface area contributed by atoms with Gasteiger partial charge in [0.1, 0.15) is 11.2 Å². The Kier molecular flexibility index (Phi) is 2.71. The highest BCUT2D eigenvalue weighted by Crippen LogP contribution is 2.38. The molecule has 0 atom stereocenters. The quantitative estimate of drug-likeness (QED) is 0.410. The molecule has 0 unspecified atom stereocenters. The van der Waals surface area contributed by atoms with Crippen LogP contribution in [0, 0.1) is 6.92 Å². The number of hydrogen-bond acceptors (Lipinski definition) is 3. The minimum Gasteiger partial charge on any atom is -0.455 e. The fraction of sp³-hybridized carbons (Fsp3) is 0.0476.